The first kappa shape index (κ1) is 14.8. The predicted octanol–water partition coefficient (Wildman–Crippen LogP) is 2.66. The Morgan fingerprint density at radius 3 is 2.42 bits per heavy atom. The summed E-state index contributed by atoms with van der Waals surface area (Å²) in [5.41, 5.74) is 0.321. The molecule has 3 nitrogen and oxygen atoms in total. The Morgan fingerprint density at radius 2 is 1.89 bits per heavy atom. The van der Waals surface area contributed by atoms with Crippen molar-refractivity contribution in [1.29, 1.82) is 0 Å². The van der Waals surface area contributed by atoms with Crippen molar-refractivity contribution in [1.82, 2.24) is 10.2 Å². The standard InChI is InChI=1S/C16H30N2O/c1-6-9-17-12-8-7-10-18(11-12)14(19)13-15(2,3)16(13,4)5/h12-13,17H,6-11H2,1-5H3. The van der Waals surface area contributed by atoms with Crippen LogP contribution in [0.15, 0.2) is 0 Å². The van der Waals surface area contributed by atoms with Gasteiger partial charge < -0.3 is 10.2 Å². The molecule has 0 spiro atoms. The zero-order chi connectivity index (χ0) is 14.3. The van der Waals surface area contributed by atoms with E-state index in [0.29, 0.717) is 11.9 Å². The summed E-state index contributed by atoms with van der Waals surface area (Å²) in [5, 5.41) is 3.56. The summed E-state index contributed by atoms with van der Waals surface area (Å²) in [6.07, 6.45) is 3.51. The number of piperidine rings is 1. The van der Waals surface area contributed by atoms with Crippen LogP contribution in [0.5, 0.6) is 0 Å². The summed E-state index contributed by atoms with van der Waals surface area (Å²) in [4.78, 5) is 14.8. The summed E-state index contributed by atoms with van der Waals surface area (Å²) < 4.78 is 0. The third kappa shape index (κ3) is 2.54. The van der Waals surface area contributed by atoms with E-state index in [1.807, 2.05) is 0 Å². The van der Waals surface area contributed by atoms with E-state index in [2.05, 4.69) is 44.8 Å². The molecule has 1 unspecified atom stereocenters. The molecule has 0 aromatic rings. The molecule has 0 radical (unpaired) electrons. The van der Waals surface area contributed by atoms with Gasteiger partial charge in [0.15, 0.2) is 0 Å². The van der Waals surface area contributed by atoms with Gasteiger partial charge in [0, 0.05) is 25.0 Å². The fourth-order valence-electron chi connectivity index (χ4n) is 3.69. The lowest BCUT2D eigenvalue weighted by atomic mass is 10.0. The van der Waals surface area contributed by atoms with Crippen LogP contribution in [0.4, 0.5) is 0 Å². The van der Waals surface area contributed by atoms with Gasteiger partial charge in [-0.2, -0.15) is 0 Å². The maximum absolute atomic E-state index is 12.7. The van der Waals surface area contributed by atoms with Crippen LogP contribution in [-0.2, 0) is 4.79 Å². The second-order valence-corrected chi connectivity index (χ2v) is 7.45. The summed E-state index contributed by atoms with van der Waals surface area (Å²) in [7, 11) is 0. The Hall–Kier alpha value is -0.570. The summed E-state index contributed by atoms with van der Waals surface area (Å²) in [6, 6.07) is 0.502. The van der Waals surface area contributed by atoms with Crippen LogP contribution >= 0.6 is 0 Å². The minimum Gasteiger partial charge on any atom is -0.341 e. The van der Waals surface area contributed by atoms with Gasteiger partial charge in [-0.25, -0.2) is 0 Å². The van der Waals surface area contributed by atoms with E-state index in [1.54, 1.807) is 0 Å². The Labute approximate surface area is 118 Å². The van der Waals surface area contributed by atoms with Gasteiger partial charge in [-0.05, 0) is 36.6 Å². The van der Waals surface area contributed by atoms with Gasteiger partial charge >= 0.3 is 0 Å². The van der Waals surface area contributed by atoms with Crippen molar-refractivity contribution in [3.63, 3.8) is 0 Å². The maximum Gasteiger partial charge on any atom is 0.226 e. The highest BCUT2D eigenvalue weighted by molar-refractivity contribution is 5.84. The van der Waals surface area contributed by atoms with Crippen molar-refractivity contribution in [2.75, 3.05) is 19.6 Å². The molecule has 1 N–H and O–H groups in total. The minimum absolute atomic E-state index is 0.161. The first-order valence-electron chi connectivity index (χ1n) is 7.84. The SMILES string of the molecule is CCCNC1CCCN(C(=O)C2C(C)(C)C2(C)C)C1. The molecule has 1 saturated carbocycles. The molecule has 1 aliphatic carbocycles. The number of amides is 1. The monoisotopic (exact) mass is 266 g/mol. The number of nitrogens with one attached hydrogen (secondary N) is 1. The average molecular weight is 266 g/mol. The molecule has 0 bridgehead atoms. The fourth-order valence-corrected chi connectivity index (χ4v) is 3.69. The van der Waals surface area contributed by atoms with Gasteiger partial charge in [-0.1, -0.05) is 34.6 Å². The largest absolute Gasteiger partial charge is 0.341 e. The van der Waals surface area contributed by atoms with Crippen LogP contribution in [0.1, 0.15) is 53.9 Å². The molecule has 1 aliphatic heterocycles. The van der Waals surface area contributed by atoms with Crippen LogP contribution in [0.3, 0.4) is 0 Å². The van der Waals surface area contributed by atoms with E-state index in [1.165, 1.54) is 6.42 Å². The Bertz CT molecular complexity index is 335. The highest BCUT2D eigenvalue weighted by atomic mass is 16.2. The molecule has 0 aromatic carbocycles. The van der Waals surface area contributed by atoms with Gasteiger partial charge in [0.2, 0.25) is 5.91 Å². The first-order chi connectivity index (χ1) is 8.82. The van der Waals surface area contributed by atoms with Crippen molar-refractivity contribution in [3.05, 3.63) is 0 Å². The lowest BCUT2D eigenvalue weighted by Gasteiger charge is -2.34. The van der Waals surface area contributed by atoms with E-state index in [4.69, 9.17) is 0 Å². The number of hydrogen-bond donors (Lipinski definition) is 1. The maximum atomic E-state index is 12.7. The van der Waals surface area contributed by atoms with Crippen LogP contribution < -0.4 is 5.32 Å². The van der Waals surface area contributed by atoms with E-state index in [-0.39, 0.29) is 16.7 Å². The molecule has 1 heterocycles. The average Bonchev–Trinajstić information content (AvgIpc) is 2.77. The van der Waals surface area contributed by atoms with Crippen LogP contribution in [0, 0.1) is 16.7 Å². The molecule has 2 aliphatic rings. The molecule has 19 heavy (non-hydrogen) atoms. The molecular formula is C16H30N2O. The molecule has 2 rings (SSSR count). The van der Waals surface area contributed by atoms with Gasteiger partial charge in [-0.3, -0.25) is 4.79 Å². The van der Waals surface area contributed by atoms with E-state index in [9.17, 15) is 4.79 Å². The normalized spacial score (nSPS) is 29.3. The Kier molecular flexibility index (Phi) is 3.97. The molecular weight excluding hydrogens is 236 g/mol. The number of carbonyl (C=O) groups excluding carboxylic acids is 1. The Balaban J connectivity index is 1.93. The van der Waals surface area contributed by atoms with E-state index >= 15 is 0 Å². The second kappa shape index (κ2) is 5.08. The van der Waals surface area contributed by atoms with E-state index in [0.717, 1.165) is 32.5 Å². The number of carbonyl (C=O) groups is 1. The van der Waals surface area contributed by atoms with Crippen LogP contribution in [0.25, 0.3) is 0 Å². The van der Waals surface area contributed by atoms with Crippen molar-refractivity contribution in [2.45, 2.75) is 59.9 Å². The van der Waals surface area contributed by atoms with Crippen molar-refractivity contribution in [3.8, 4) is 0 Å². The second-order valence-electron chi connectivity index (χ2n) is 7.45. The minimum atomic E-state index is 0.161. The molecule has 1 amide bonds. The molecule has 0 aromatic heterocycles. The highest BCUT2D eigenvalue weighted by Crippen LogP contribution is 2.68. The summed E-state index contributed by atoms with van der Waals surface area (Å²) in [5.74, 6) is 0.600. The topological polar surface area (TPSA) is 32.3 Å². The van der Waals surface area contributed by atoms with Crippen molar-refractivity contribution in [2.24, 2.45) is 16.7 Å². The quantitative estimate of drug-likeness (QED) is 0.848. The van der Waals surface area contributed by atoms with Crippen LogP contribution in [0.2, 0.25) is 0 Å². The third-order valence-electron chi connectivity index (χ3n) is 5.68. The van der Waals surface area contributed by atoms with Crippen molar-refractivity contribution >= 4 is 5.91 Å². The zero-order valence-electron chi connectivity index (χ0n) is 13.3. The lowest BCUT2D eigenvalue weighted by molar-refractivity contribution is -0.135. The first-order valence-corrected chi connectivity index (χ1v) is 7.84. The zero-order valence-corrected chi connectivity index (χ0v) is 13.3. The molecule has 2 fully saturated rings. The van der Waals surface area contributed by atoms with Gasteiger partial charge in [0.1, 0.15) is 0 Å². The fraction of sp³-hybridized carbons (Fsp3) is 0.938. The Morgan fingerprint density at radius 1 is 1.26 bits per heavy atom. The number of rotatable bonds is 4. The van der Waals surface area contributed by atoms with Crippen LogP contribution in [-0.4, -0.2) is 36.5 Å². The molecule has 1 saturated heterocycles. The molecule has 110 valence electrons. The van der Waals surface area contributed by atoms with Gasteiger partial charge in [-0.15, -0.1) is 0 Å². The molecule has 1 atom stereocenters. The predicted molar refractivity (Wildman–Crippen MR) is 78.9 cm³/mol. The smallest absolute Gasteiger partial charge is 0.226 e. The van der Waals surface area contributed by atoms with Gasteiger partial charge in [0.25, 0.3) is 0 Å². The lowest BCUT2D eigenvalue weighted by Crippen LogP contribution is -2.49. The van der Waals surface area contributed by atoms with E-state index < -0.39 is 0 Å². The summed E-state index contributed by atoms with van der Waals surface area (Å²) >= 11 is 0. The van der Waals surface area contributed by atoms with Crippen molar-refractivity contribution < 1.29 is 4.79 Å². The highest BCUT2D eigenvalue weighted by Gasteiger charge is 2.68. The number of hydrogen-bond acceptors (Lipinski definition) is 2. The number of likely N-dealkylation sites (tertiary alicyclic amines) is 1. The molecule has 3 heteroatoms. The number of nitrogens with zero attached hydrogens (tertiary/aromatic N) is 1. The van der Waals surface area contributed by atoms with Gasteiger partial charge in [0.05, 0.1) is 0 Å². The third-order valence-corrected chi connectivity index (χ3v) is 5.68. The summed E-state index contributed by atoms with van der Waals surface area (Å²) in [6.45, 7) is 14.0.